The lowest BCUT2D eigenvalue weighted by Gasteiger charge is -2.07. The minimum absolute atomic E-state index is 0.260. The zero-order valence-corrected chi connectivity index (χ0v) is 11.1. The van der Waals surface area contributed by atoms with E-state index in [-0.39, 0.29) is 5.82 Å². The predicted molar refractivity (Wildman–Crippen MR) is 70.2 cm³/mol. The molecule has 2 aromatic rings. The summed E-state index contributed by atoms with van der Waals surface area (Å²) >= 11 is 5.87. The topological polar surface area (TPSA) is 29.9 Å². The van der Waals surface area contributed by atoms with E-state index in [1.54, 1.807) is 23.0 Å². The fourth-order valence-corrected chi connectivity index (χ4v) is 2.03. The number of nitrogens with zero attached hydrogens (tertiary/aromatic N) is 2. The minimum atomic E-state index is -0.260. The summed E-state index contributed by atoms with van der Waals surface area (Å²) in [6.07, 6.45) is 1.80. The highest BCUT2D eigenvalue weighted by atomic mass is 35.5. The summed E-state index contributed by atoms with van der Waals surface area (Å²) in [5, 5.41) is 7.88. The Labute approximate surface area is 111 Å². The van der Waals surface area contributed by atoms with E-state index < -0.39 is 0 Å². The molecule has 0 amide bonds. The molecule has 0 radical (unpaired) electrons. The molecule has 5 heteroatoms. The van der Waals surface area contributed by atoms with Gasteiger partial charge in [0.15, 0.2) is 0 Å². The Bertz CT molecular complexity index is 551. The summed E-state index contributed by atoms with van der Waals surface area (Å²) < 4.78 is 15.4. The first-order chi connectivity index (χ1) is 8.61. The molecule has 0 aliphatic heterocycles. The lowest BCUT2D eigenvalue weighted by molar-refractivity contribution is 0.579. The normalized spacial score (nSPS) is 10.9. The number of hydrogen-bond donors (Lipinski definition) is 1. The molecule has 1 N–H and O–H groups in total. The quantitative estimate of drug-likeness (QED) is 0.923. The highest BCUT2D eigenvalue weighted by Gasteiger charge is 2.09. The van der Waals surface area contributed by atoms with Gasteiger partial charge in [-0.1, -0.05) is 11.6 Å². The minimum Gasteiger partial charge on any atom is -0.316 e. The molecule has 2 rings (SSSR count). The lowest BCUT2D eigenvalue weighted by Crippen LogP contribution is -2.08. The van der Waals surface area contributed by atoms with E-state index in [1.807, 2.05) is 14.0 Å². The maximum absolute atomic E-state index is 13.6. The van der Waals surface area contributed by atoms with Crippen LogP contribution in [0.4, 0.5) is 4.39 Å². The van der Waals surface area contributed by atoms with Gasteiger partial charge in [0.1, 0.15) is 5.82 Å². The van der Waals surface area contributed by atoms with E-state index in [4.69, 9.17) is 11.6 Å². The van der Waals surface area contributed by atoms with Crippen LogP contribution < -0.4 is 5.32 Å². The standard InChI is InChI=1S/C13H15ClFN3/c1-9-11(6-16-2)7-17-18(9)8-10-5-12(14)3-4-13(10)15/h3-5,7,16H,6,8H2,1-2H3. The molecule has 96 valence electrons. The summed E-state index contributed by atoms with van der Waals surface area (Å²) in [6.45, 7) is 3.12. The zero-order valence-electron chi connectivity index (χ0n) is 10.4. The van der Waals surface area contributed by atoms with Gasteiger partial charge in [-0.3, -0.25) is 4.68 Å². The molecule has 0 bridgehead atoms. The van der Waals surface area contributed by atoms with Crippen molar-refractivity contribution >= 4 is 11.6 Å². The Hall–Kier alpha value is -1.39. The maximum atomic E-state index is 13.6. The van der Waals surface area contributed by atoms with Gasteiger partial charge >= 0.3 is 0 Å². The molecule has 0 saturated heterocycles. The number of rotatable bonds is 4. The second-order valence-electron chi connectivity index (χ2n) is 4.18. The van der Waals surface area contributed by atoms with Crippen molar-refractivity contribution in [3.63, 3.8) is 0 Å². The number of nitrogens with one attached hydrogen (secondary N) is 1. The third-order valence-corrected chi connectivity index (χ3v) is 3.14. The van der Waals surface area contributed by atoms with Crippen LogP contribution in [-0.2, 0) is 13.1 Å². The first kappa shape index (κ1) is 13.1. The molecule has 0 unspecified atom stereocenters. The second kappa shape index (κ2) is 5.50. The molecule has 0 fully saturated rings. The van der Waals surface area contributed by atoms with Crippen molar-refractivity contribution in [2.75, 3.05) is 7.05 Å². The van der Waals surface area contributed by atoms with Crippen molar-refractivity contribution in [1.82, 2.24) is 15.1 Å². The summed E-state index contributed by atoms with van der Waals surface area (Å²) in [6, 6.07) is 4.56. The first-order valence-corrected chi connectivity index (χ1v) is 6.09. The third kappa shape index (κ3) is 2.71. The summed E-state index contributed by atoms with van der Waals surface area (Å²) in [5.74, 6) is -0.260. The monoisotopic (exact) mass is 267 g/mol. The zero-order chi connectivity index (χ0) is 13.1. The van der Waals surface area contributed by atoms with Gasteiger partial charge in [0.05, 0.1) is 12.7 Å². The second-order valence-corrected chi connectivity index (χ2v) is 4.62. The van der Waals surface area contributed by atoms with Gasteiger partial charge in [-0.05, 0) is 32.2 Å². The highest BCUT2D eigenvalue weighted by molar-refractivity contribution is 6.30. The Morgan fingerprint density at radius 1 is 1.39 bits per heavy atom. The van der Waals surface area contributed by atoms with Gasteiger partial charge in [0, 0.05) is 28.4 Å². The molecular formula is C13H15ClFN3. The number of benzene rings is 1. The predicted octanol–water partition coefficient (Wildman–Crippen LogP) is 2.75. The van der Waals surface area contributed by atoms with Crippen molar-refractivity contribution in [2.24, 2.45) is 0 Å². The SMILES string of the molecule is CNCc1cnn(Cc2cc(Cl)ccc2F)c1C. The number of hydrogen-bond acceptors (Lipinski definition) is 2. The summed E-state index contributed by atoms with van der Waals surface area (Å²) in [4.78, 5) is 0. The van der Waals surface area contributed by atoms with E-state index in [0.29, 0.717) is 17.1 Å². The molecule has 0 aliphatic rings. The molecule has 1 aromatic carbocycles. The van der Waals surface area contributed by atoms with Crippen LogP contribution in [0.5, 0.6) is 0 Å². The number of aromatic nitrogens is 2. The van der Waals surface area contributed by atoms with Crippen LogP contribution in [0.25, 0.3) is 0 Å². The molecule has 1 aromatic heterocycles. The average Bonchev–Trinajstić information content (AvgIpc) is 2.67. The fourth-order valence-electron chi connectivity index (χ4n) is 1.83. The van der Waals surface area contributed by atoms with Crippen molar-refractivity contribution in [2.45, 2.75) is 20.0 Å². The summed E-state index contributed by atoms with van der Waals surface area (Å²) in [5.41, 5.74) is 2.69. The van der Waals surface area contributed by atoms with Gasteiger partial charge in [0.2, 0.25) is 0 Å². The van der Waals surface area contributed by atoms with E-state index >= 15 is 0 Å². The van der Waals surface area contributed by atoms with Gasteiger partial charge in [-0.2, -0.15) is 5.10 Å². The van der Waals surface area contributed by atoms with E-state index in [1.165, 1.54) is 6.07 Å². The highest BCUT2D eigenvalue weighted by Crippen LogP contribution is 2.17. The molecule has 0 aliphatic carbocycles. The van der Waals surface area contributed by atoms with Crippen LogP contribution in [0.1, 0.15) is 16.8 Å². The van der Waals surface area contributed by atoms with Crippen molar-refractivity contribution in [1.29, 1.82) is 0 Å². The van der Waals surface area contributed by atoms with Crippen molar-refractivity contribution in [3.05, 3.63) is 52.1 Å². The van der Waals surface area contributed by atoms with Gasteiger partial charge in [0.25, 0.3) is 0 Å². The van der Waals surface area contributed by atoms with Crippen LogP contribution >= 0.6 is 11.6 Å². The first-order valence-electron chi connectivity index (χ1n) is 5.71. The molecule has 3 nitrogen and oxygen atoms in total. The van der Waals surface area contributed by atoms with E-state index in [2.05, 4.69) is 10.4 Å². The third-order valence-electron chi connectivity index (χ3n) is 2.90. The van der Waals surface area contributed by atoms with Gasteiger partial charge < -0.3 is 5.32 Å². The lowest BCUT2D eigenvalue weighted by atomic mass is 10.2. The van der Waals surface area contributed by atoms with Gasteiger partial charge in [-0.15, -0.1) is 0 Å². The van der Waals surface area contributed by atoms with Crippen LogP contribution in [0.3, 0.4) is 0 Å². The largest absolute Gasteiger partial charge is 0.316 e. The Morgan fingerprint density at radius 3 is 2.89 bits per heavy atom. The van der Waals surface area contributed by atoms with Crippen LogP contribution in [-0.4, -0.2) is 16.8 Å². The van der Waals surface area contributed by atoms with Gasteiger partial charge in [-0.25, -0.2) is 4.39 Å². The maximum Gasteiger partial charge on any atom is 0.128 e. The van der Waals surface area contributed by atoms with E-state index in [9.17, 15) is 4.39 Å². The Morgan fingerprint density at radius 2 is 2.17 bits per heavy atom. The van der Waals surface area contributed by atoms with Crippen LogP contribution in [0.15, 0.2) is 24.4 Å². The van der Waals surface area contributed by atoms with E-state index in [0.717, 1.165) is 17.8 Å². The Kier molecular flexibility index (Phi) is 3.99. The Balaban J connectivity index is 2.26. The molecule has 18 heavy (non-hydrogen) atoms. The van der Waals surface area contributed by atoms with Crippen LogP contribution in [0, 0.1) is 12.7 Å². The number of halogens is 2. The molecular weight excluding hydrogens is 253 g/mol. The summed E-state index contributed by atoms with van der Waals surface area (Å²) in [7, 11) is 1.88. The fraction of sp³-hybridized carbons (Fsp3) is 0.308. The molecule has 1 heterocycles. The average molecular weight is 268 g/mol. The molecule has 0 spiro atoms. The molecule has 0 atom stereocenters. The van der Waals surface area contributed by atoms with Crippen LogP contribution in [0.2, 0.25) is 5.02 Å². The smallest absolute Gasteiger partial charge is 0.128 e. The van der Waals surface area contributed by atoms with Crippen molar-refractivity contribution in [3.8, 4) is 0 Å². The molecule has 0 saturated carbocycles. The van der Waals surface area contributed by atoms with Crippen molar-refractivity contribution < 1.29 is 4.39 Å².